The highest BCUT2D eigenvalue weighted by Gasteiger charge is 2.16. The number of esters is 1. The van der Waals surface area contributed by atoms with Gasteiger partial charge in [-0.25, -0.2) is 4.79 Å². The van der Waals surface area contributed by atoms with Gasteiger partial charge in [0.2, 0.25) is 0 Å². The molecule has 0 saturated carbocycles. The molecule has 0 bridgehead atoms. The van der Waals surface area contributed by atoms with Crippen LogP contribution in [-0.2, 0) is 4.74 Å². The molecule has 0 aliphatic heterocycles. The van der Waals surface area contributed by atoms with E-state index in [0.29, 0.717) is 31.9 Å². The number of benzene rings is 2. The minimum absolute atomic E-state index is 0.317. The van der Waals surface area contributed by atoms with E-state index in [1.807, 2.05) is 0 Å². The molecule has 24 heavy (non-hydrogen) atoms. The molecule has 0 aromatic heterocycles. The summed E-state index contributed by atoms with van der Waals surface area (Å²) in [7, 11) is 4.35. The number of ether oxygens (including phenoxy) is 3. The first-order valence-electron chi connectivity index (χ1n) is 6.91. The Morgan fingerprint density at radius 3 is 2.29 bits per heavy atom. The molecule has 7 heteroatoms. The summed E-state index contributed by atoms with van der Waals surface area (Å²) in [5, 5.41) is 2.76. The van der Waals surface area contributed by atoms with Crippen molar-refractivity contribution in [1.82, 2.24) is 0 Å². The van der Waals surface area contributed by atoms with Gasteiger partial charge in [-0.2, -0.15) is 0 Å². The van der Waals surface area contributed by atoms with Gasteiger partial charge in [0.1, 0.15) is 0 Å². The van der Waals surface area contributed by atoms with Crippen LogP contribution in [0.25, 0.3) is 0 Å². The van der Waals surface area contributed by atoms with Crippen LogP contribution in [0.1, 0.15) is 20.7 Å². The fourth-order valence-electron chi connectivity index (χ4n) is 2.07. The van der Waals surface area contributed by atoms with E-state index in [-0.39, 0.29) is 5.91 Å². The van der Waals surface area contributed by atoms with Gasteiger partial charge in [0.25, 0.3) is 5.91 Å². The van der Waals surface area contributed by atoms with Gasteiger partial charge in [-0.3, -0.25) is 4.79 Å². The molecule has 1 N–H and O–H groups in total. The summed E-state index contributed by atoms with van der Waals surface area (Å²) in [4.78, 5) is 24.1. The minimum atomic E-state index is -0.466. The van der Waals surface area contributed by atoms with Crippen LogP contribution in [0, 0.1) is 3.57 Å². The second kappa shape index (κ2) is 8.00. The number of amides is 1. The van der Waals surface area contributed by atoms with Crippen molar-refractivity contribution in [2.75, 3.05) is 26.6 Å². The van der Waals surface area contributed by atoms with E-state index >= 15 is 0 Å². The Kier molecular flexibility index (Phi) is 6.02. The molecule has 1 amide bonds. The standard InChI is InChI=1S/C17H16INO5/c1-22-14-8-12(13(18)9-15(14)23-2)16(20)19-11-6-4-5-10(7-11)17(21)24-3/h4-9H,1-3H3,(H,19,20). The van der Waals surface area contributed by atoms with Gasteiger partial charge in [-0.1, -0.05) is 6.07 Å². The van der Waals surface area contributed by atoms with Crippen molar-refractivity contribution < 1.29 is 23.8 Å². The maximum atomic E-state index is 12.5. The zero-order valence-corrected chi connectivity index (χ0v) is 15.5. The smallest absolute Gasteiger partial charge is 0.337 e. The predicted octanol–water partition coefficient (Wildman–Crippen LogP) is 3.35. The van der Waals surface area contributed by atoms with Gasteiger partial charge >= 0.3 is 5.97 Å². The number of nitrogens with one attached hydrogen (secondary N) is 1. The van der Waals surface area contributed by atoms with E-state index in [9.17, 15) is 9.59 Å². The van der Waals surface area contributed by atoms with Crippen molar-refractivity contribution in [2.24, 2.45) is 0 Å². The molecular formula is C17H16INO5. The van der Waals surface area contributed by atoms with Crippen LogP contribution < -0.4 is 14.8 Å². The van der Waals surface area contributed by atoms with Crippen LogP contribution in [0.3, 0.4) is 0 Å². The van der Waals surface area contributed by atoms with Gasteiger partial charge in [-0.15, -0.1) is 0 Å². The van der Waals surface area contributed by atoms with Crippen molar-refractivity contribution in [3.63, 3.8) is 0 Å². The van der Waals surface area contributed by atoms with Crippen molar-refractivity contribution >= 4 is 40.2 Å². The van der Waals surface area contributed by atoms with Crippen LogP contribution in [0.15, 0.2) is 36.4 Å². The summed E-state index contributed by atoms with van der Waals surface area (Å²) in [5.74, 6) is 0.228. The van der Waals surface area contributed by atoms with Crippen LogP contribution >= 0.6 is 22.6 Å². The number of anilines is 1. The molecule has 6 nitrogen and oxygen atoms in total. The average Bonchev–Trinajstić information content (AvgIpc) is 2.60. The fourth-order valence-corrected chi connectivity index (χ4v) is 2.75. The maximum Gasteiger partial charge on any atom is 0.337 e. The number of rotatable bonds is 5. The van der Waals surface area contributed by atoms with E-state index in [1.165, 1.54) is 21.3 Å². The Hall–Kier alpha value is -2.29. The summed E-state index contributed by atoms with van der Waals surface area (Å²) < 4.78 is 15.8. The highest BCUT2D eigenvalue weighted by atomic mass is 127. The molecular weight excluding hydrogens is 425 g/mol. The monoisotopic (exact) mass is 441 g/mol. The quantitative estimate of drug-likeness (QED) is 0.569. The largest absolute Gasteiger partial charge is 0.493 e. The number of carbonyl (C=O) groups is 2. The van der Waals surface area contributed by atoms with E-state index in [2.05, 4.69) is 32.6 Å². The van der Waals surface area contributed by atoms with Crippen LogP contribution in [0.5, 0.6) is 11.5 Å². The molecule has 126 valence electrons. The van der Waals surface area contributed by atoms with Crippen molar-refractivity contribution in [1.29, 1.82) is 0 Å². The lowest BCUT2D eigenvalue weighted by Gasteiger charge is -2.12. The summed E-state index contributed by atoms with van der Waals surface area (Å²) in [6.07, 6.45) is 0. The number of carbonyl (C=O) groups excluding carboxylic acids is 2. The predicted molar refractivity (Wildman–Crippen MR) is 98.0 cm³/mol. The lowest BCUT2D eigenvalue weighted by molar-refractivity contribution is 0.0600. The van der Waals surface area contributed by atoms with Gasteiger partial charge in [0.05, 0.1) is 32.5 Å². The Morgan fingerprint density at radius 2 is 1.67 bits per heavy atom. The second-order valence-electron chi connectivity index (χ2n) is 4.71. The Bertz CT molecular complexity index is 776. The number of hydrogen-bond acceptors (Lipinski definition) is 5. The van der Waals surface area contributed by atoms with E-state index in [4.69, 9.17) is 9.47 Å². The molecule has 2 rings (SSSR count). The van der Waals surface area contributed by atoms with E-state index in [0.717, 1.165) is 0 Å². The first-order valence-corrected chi connectivity index (χ1v) is 7.99. The van der Waals surface area contributed by atoms with E-state index < -0.39 is 5.97 Å². The third-order valence-corrected chi connectivity index (χ3v) is 4.15. The molecule has 0 aliphatic carbocycles. The molecule has 2 aromatic rings. The normalized spacial score (nSPS) is 10.0. The molecule has 0 unspecified atom stereocenters. The third-order valence-electron chi connectivity index (χ3n) is 3.26. The van der Waals surface area contributed by atoms with Gasteiger partial charge in [-0.05, 0) is 52.9 Å². The Labute approximate surface area is 153 Å². The molecule has 2 aromatic carbocycles. The third kappa shape index (κ3) is 3.97. The molecule has 0 heterocycles. The summed E-state index contributed by atoms with van der Waals surface area (Å²) in [6, 6.07) is 9.86. The number of halogens is 1. The minimum Gasteiger partial charge on any atom is -0.493 e. The van der Waals surface area contributed by atoms with Crippen molar-refractivity contribution in [2.45, 2.75) is 0 Å². The highest BCUT2D eigenvalue weighted by Crippen LogP contribution is 2.31. The topological polar surface area (TPSA) is 73.9 Å². The molecule has 0 aliphatic rings. The van der Waals surface area contributed by atoms with Crippen LogP contribution in [0.4, 0.5) is 5.69 Å². The zero-order valence-electron chi connectivity index (χ0n) is 13.4. The lowest BCUT2D eigenvalue weighted by atomic mass is 10.1. The molecule has 0 fully saturated rings. The second-order valence-corrected chi connectivity index (χ2v) is 5.88. The van der Waals surface area contributed by atoms with Crippen molar-refractivity contribution in [3.05, 3.63) is 51.1 Å². The number of methoxy groups -OCH3 is 3. The number of hydrogen-bond donors (Lipinski definition) is 1. The SMILES string of the molecule is COC(=O)c1cccc(NC(=O)c2cc(OC)c(OC)cc2I)c1. The lowest BCUT2D eigenvalue weighted by Crippen LogP contribution is -2.14. The summed E-state index contributed by atoms with van der Waals surface area (Å²) in [6.45, 7) is 0. The fraction of sp³-hybridized carbons (Fsp3) is 0.176. The molecule has 0 spiro atoms. The molecule has 0 atom stereocenters. The van der Waals surface area contributed by atoms with Gasteiger partial charge < -0.3 is 19.5 Å². The zero-order chi connectivity index (χ0) is 17.7. The summed E-state index contributed by atoms with van der Waals surface area (Å²) >= 11 is 2.05. The van der Waals surface area contributed by atoms with Gasteiger partial charge in [0.15, 0.2) is 11.5 Å². The average molecular weight is 441 g/mol. The Morgan fingerprint density at radius 1 is 1.00 bits per heavy atom. The maximum absolute atomic E-state index is 12.5. The molecule has 0 saturated heterocycles. The summed E-state index contributed by atoms with van der Waals surface area (Å²) in [5.41, 5.74) is 1.29. The van der Waals surface area contributed by atoms with Crippen molar-refractivity contribution in [3.8, 4) is 11.5 Å². The van der Waals surface area contributed by atoms with Crippen LogP contribution in [-0.4, -0.2) is 33.2 Å². The highest BCUT2D eigenvalue weighted by molar-refractivity contribution is 14.1. The van der Waals surface area contributed by atoms with E-state index in [1.54, 1.807) is 36.4 Å². The first-order chi connectivity index (χ1) is 11.5. The first kappa shape index (κ1) is 18.1. The Balaban J connectivity index is 2.29. The van der Waals surface area contributed by atoms with Gasteiger partial charge in [0, 0.05) is 9.26 Å². The molecule has 0 radical (unpaired) electrons. The van der Waals surface area contributed by atoms with Crippen LogP contribution in [0.2, 0.25) is 0 Å².